The van der Waals surface area contributed by atoms with E-state index in [1.54, 1.807) is 6.20 Å². The van der Waals surface area contributed by atoms with E-state index >= 15 is 0 Å². The van der Waals surface area contributed by atoms with E-state index < -0.39 is 0 Å². The zero-order chi connectivity index (χ0) is 11.7. The molecule has 2 aromatic rings. The lowest BCUT2D eigenvalue weighted by Gasteiger charge is -2.14. The third-order valence-corrected chi connectivity index (χ3v) is 3.13. The van der Waals surface area contributed by atoms with Crippen LogP contribution < -0.4 is 0 Å². The number of nitrogens with zero attached hydrogens (tertiary/aromatic N) is 3. The minimum absolute atomic E-state index is 0.744. The summed E-state index contributed by atoms with van der Waals surface area (Å²) in [6.45, 7) is 0. The zero-order valence-electron chi connectivity index (χ0n) is 9.37. The summed E-state index contributed by atoms with van der Waals surface area (Å²) in [7, 11) is 0. The highest BCUT2D eigenvalue weighted by molar-refractivity contribution is 6.01. The average molecular weight is 227 g/mol. The van der Waals surface area contributed by atoms with Crippen molar-refractivity contribution in [1.82, 2.24) is 9.78 Å². The van der Waals surface area contributed by atoms with Gasteiger partial charge in [0.2, 0.25) is 0 Å². The molecule has 0 bridgehead atoms. The highest BCUT2D eigenvalue weighted by Crippen LogP contribution is 2.23. The fraction of sp³-hybridized carbons (Fsp3) is 0.231. The van der Waals surface area contributed by atoms with Crippen LogP contribution in [0.3, 0.4) is 0 Å². The maximum Gasteiger partial charge on any atom is 0.0902 e. The van der Waals surface area contributed by atoms with Crippen LogP contribution in [0.25, 0.3) is 5.69 Å². The van der Waals surface area contributed by atoms with Crippen molar-refractivity contribution in [3.63, 3.8) is 0 Å². The van der Waals surface area contributed by atoms with Crippen molar-refractivity contribution in [2.75, 3.05) is 0 Å². The number of para-hydroxylation sites is 1. The van der Waals surface area contributed by atoms with Crippen LogP contribution in [0, 0.1) is 0 Å². The third-order valence-electron chi connectivity index (χ3n) is 3.13. The van der Waals surface area contributed by atoms with Crippen LogP contribution >= 0.6 is 0 Å². The maximum atomic E-state index is 8.97. The molecule has 0 aliphatic heterocycles. The van der Waals surface area contributed by atoms with Gasteiger partial charge in [-0.05, 0) is 31.4 Å². The summed E-state index contributed by atoms with van der Waals surface area (Å²) in [6.07, 6.45) is 4.59. The molecule has 0 amide bonds. The first-order chi connectivity index (χ1) is 8.40. The summed E-state index contributed by atoms with van der Waals surface area (Å²) in [4.78, 5) is 0. The molecular formula is C13H13N3O. The van der Waals surface area contributed by atoms with E-state index in [1.165, 1.54) is 0 Å². The Hall–Kier alpha value is -2.10. The van der Waals surface area contributed by atoms with Crippen molar-refractivity contribution < 1.29 is 5.21 Å². The van der Waals surface area contributed by atoms with Crippen molar-refractivity contribution in [3.05, 3.63) is 47.8 Å². The third kappa shape index (κ3) is 1.62. The summed E-state index contributed by atoms with van der Waals surface area (Å²) in [5.41, 5.74) is 3.90. The quantitative estimate of drug-likeness (QED) is 0.600. The predicted molar refractivity (Wildman–Crippen MR) is 64.8 cm³/mol. The van der Waals surface area contributed by atoms with Crippen molar-refractivity contribution >= 4 is 5.71 Å². The number of hydrogen-bond donors (Lipinski definition) is 1. The molecule has 0 radical (unpaired) electrons. The molecular weight excluding hydrogens is 214 g/mol. The Bertz CT molecular complexity index is 557. The molecule has 17 heavy (non-hydrogen) atoms. The molecule has 3 rings (SSSR count). The molecule has 0 saturated heterocycles. The minimum atomic E-state index is 0.744. The van der Waals surface area contributed by atoms with Crippen LogP contribution in [-0.2, 0) is 6.42 Å². The van der Waals surface area contributed by atoms with Gasteiger partial charge in [0, 0.05) is 5.56 Å². The average Bonchev–Trinajstić information content (AvgIpc) is 2.83. The molecule has 1 heterocycles. The van der Waals surface area contributed by atoms with Gasteiger partial charge in [0.1, 0.15) is 0 Å². The second kappa shape index (κ2) is 4.05. The smallest absolute Gasteiger partial charge is 0.0902 e. The first kappa shape index (κ1) is 10.1. The fourth-order valence-electron chi connectivity index (χ4n) is 2.31. The molecule has 1 aromatic heterocycles. The van der Waals surface area contributed by atoms with Gasteiger partial charge in [0.15, 0.2) is 0 Å². The highest BCUT2D eigenvalue weighted by atomic mass is 16.4. The van der Waals surface area contributed by atoms with Gasteiger partial charge in [-0.1, -0.05) is 23.4 Å². The van der Waals surface area contributed by atoms with Gasteiger partial charge in [0.05, 0.1) is 23.3 Å². The summed E-state index contributed by atoms with van der Waals surface area (Å²) in [6, 6.07) is 10.0. The molecule has 1 aromatic carbocycles. The normalized spacial score (nSPS) is 17.1. The van der Waals surface area contributed by atoms with Gasteiger partial charge in [-0.15, -0.1) is 0 Å². The molecule has 4 heteroatoms. The Balaban J connectivity index is 2.13. The van der Waals surface area contributed by atoms with E-state index in [0.29, 0.717) is 0 Å². The lowest BCUT2D eigenvalue weighted by Crippen LogP contribution is -2.13. The number of hydrogen-bond acceptors (Lipinski definition) is 3. The lowest BCUT2D eigenvalue weighted by atomic mass is 9.96. The van der Waals surface area contributed by atoms with E-state index in [9.17, 15) is 0 Å². The number of benzene rings is 1. The molecule has 1 N–H and O–H groups in total. The first-order valence-electron chi connectivity index (χ1n) is 5.74. The molecule has 0 saturated carbocycles. The fourth-order valence-corrected chi connectivity index (χ4v) is 2.31. The molecule has 4 nitrogen and oxygen atoms in total. The summed E-state index contributed by atoms with van der Waals surface area (Å²) >= 11 is 0. The Kier molecular flexibility index (Phi) is 2.40. The standard InChI is InChI=1S/C13H13N3O/c17-15-12-7-4-8-13-11(12)9-14-16(13)10-5-2-1-3-6-10/h1-3,5-6,9,17H,4,7-8H2/b15-12+. The maximum absolute atomic E-state index is 8.97. The Morgan fingerprint density at radius 2 is 2.00 bits per heavy atom. The molecule has 0 atom stereocenters. The van der Waals surface area contributed by atoms with Crippen molar-refractivity contribution in [2.24, 2.45) is 5.16 Å². The molecule has 0 fully saturated rings. The first-order valence-corrected chi connectivity index (χ1v) is 5.74. The Labute approximate surface area is 99.2 Å². The van der Waals surface area contributed by atoms with Gasteiger partial charge in [-0.25, -0.2) is 4.68 Å². The molecule has 1 aliphatic rings. The summed E-state index contributed by atoms with van der Waals surface area (Å²) < 4.78 is 1.93. The SMILES string of the molecule is O/N=C1\CCCc2c1cnn2-c1ccccc1. The summed E-state index contributed by atoms with van der Waals surface area (Å²) in [5, 5.41) is 16.7. The number of fused-ring (bicyclic) bond motifs is 1. The second-order valence-corrected chi connectivity index (χ2v) is 4.15. The lowest BCUT2D eigenvalue weighted by molar-refractivity contribution is 0.317. The Morgan fingerprint density at radius 1 is 1.18 bits per heavy atom. The van der Waals surface area contributed by atoms with Crippen LogP contribution in [0.5, 0.6) is 0 Å². The second-order valence-electron chi connectivity index (χ2n) is 4.15. The molecule has 0 unspecified atom stereocenters. The number of rotatable bonds is 1. The molecule has 0 spiro atoms. The molecule has 86 valence electrons. The zero-order valence-corrected chi connectivity index (χ0v) is 9.37. The number of oxime groups is 1. The van der Waals surface area contributed by atoms with Gasteiger partial charge in [0.25, 0.3) is 0 Å². The van der Waals surface area contributed by atoms with E-state index in [1.807, 2.05) is 35.0 Å². The van der Waals surface area contributed by atoms with E-state index in [4.69, 9.17) is 5.21 Å². The van der Waals surface area contributed by atoms with Crippen LogP contribution in [0.15, 0.2) is 41.7 Å². The van der Waals surface area contributed by atoms with Gasteiger partial charge >= 0.3 is 0 Å². The molecule has 1 aliphatic carbocycles. The monoisotopic (exact) mass is 227 g/mol. The van der Waals surface area contributed by atoms with Gasteiger partial charge < -0.3 is 5.21 Å². The largest absolute Gasteiger partial charge is 0.411 e. The number of aromatic nitrogens is 2. The van der Waals surface area contributed by atoms with E-state index in [-0.39, 0.29) is 0 Å². The van der Waals surface area contributed by atoms with E-state index in [0.717, 1.165) is 41.9 Å². The van der Waals surface area contributed by atoms with Gasteiger partial charge in [-0.3, -0.25) is 0 Å². The predicted octanol–water partition coefficient (Wildman–Crippen LogP) is 2.39. The van der Waals surface area contributed by atoms with Crippen LogP contribution in [0.4, 0.5) is 0 Å². The van der Waals surface area contributed by atoms with Gasteiger partial charge in [-0.2, -0.15) is 5.10 Å². The van der Waals surface area contributed by atoms with Crippen LogP contribution in [0.2, 0.25) is 0 Å². The van der Waals surface area contributed by atoms with Crippen molar-refractivity contribution in [3.8, 4) is 5.69 Å². The van der Waals surface area contributed by atoms with Crippen LogP contribution in [-0.4, -0.2) is 20.7 Å². The Morgan fingerprint density at radius 3 is 2.76 bits per heavy atom. The van der Waals surface area contributed by atoms with Crippen molar-refractivity contribution in [1.29, 1.82) is 0 Å². The highest BCUT2D eigenvalue weighted by Gasteiger charge is 2.21. The van der Waals surface area contributed by atoms with Crippen molar-refractivity contribution in [2.45, 2.75) is 19.3 Å². The topological polar surface area (TPSA) is 50.4 Å². The van der Waals surface area contributed by atoms with E-state index in [2.05, 4.69) is 10.3 Å². The summed E-state index contributed by atoms with van der Waals surface area (Å²) in [5.74, 6) is 0. The minimum Gasteiger partial charge on any atom is -0.411 e. The van der Waals surface area contributed by atoms with Crippen LogP contribution in [0.1, 0.15) is 24.1 Å².